The number of hydrogen-bond donors (Lipinski definition) is 2. The molecule has 5 nitrogen and oxygen atoms in total. The first-order chi connectivity index (χ1) is 13.4. The molecule has 2 aromatic carbocycles. The minimum Gasteiger partial charge on any atom is -0.508 e. The fourth-order valence-corrected chi connectivity index (χ4v) is 3.33. The molecule has 0 heterocycles. The molecule has 0 saturated carbocycles. The normalized spacial score (nSPS) is 11.8. The van der Waals surface area contributed by atoms with Crippen LogP contribution in [0.3, 0.4) is 0 Å². The number of methoxy groups -OCH3 is 1. The molecular formula is C23H28O5. The topological polar surface area (TPSA) is 83.8 Å². The van der Waals surface area contributed by atoms with Crippen molar-refractivity contribution in [1.82, 2.24) is 0 Å². The smallest absolute Gasteiger partial charge is 0.160 e. The molecule has 0 unspecified atom stereocenters. The Morgan fingerprint density at radius 1 is 1.07 bits per heavy atom. The second kappa shape index (κ2) is 10.5. The van der Waals surface area contributed by atoms with Gasteiger partial charge in [-0.25, -0.2) is 0 Å². The van der Waals surface area contributed by atoms with E-state index in [0.717, 1.165) is 24.0 Å². The standard InChI is InChI=1S/C23H28O5/c1-3-5-17(18-6-4-7-19(24)13-18)14-21(26)15-20(25)10-8-16-9-11-22(27)23(12-16)28-2/h4,6-7,9,11-13,17,24,27H,3,5,8,10,14-15H2,1-2H3/t17-/m1/s1. The Hall–Kier alpha value is -2.82. The van der Waals surface area contributed by atoms with Gasteiger partial charge in [0.2, 0.25) is 0 Å². The van der Waals surface area contributed by atoms with Crippen molar-refractivity contribution in [3.05, 3.63) is 53.6 Å². The average Bonchev–Trinajstić information content (AvgIpc) is 2.67. The summed E-state index contributed by atoms with van der Waals surface area (Å²) < 4.78 is 5.07. The van der Waals surface area contributed by atoms with E-state index < -0.39 is 0 Å². The van der Waals surface area contributed by atoms with E-state index in [9.17, 15) is 19.8 Å². The van der Waals surface area contributed by atoms with Crippen LogP contribution in [0.25, 0.3) is 0 Å². The number of aromatic hydroxyl groups is 2. The van der Waals surface area contributed by atoms with Gasteiger partial charge in [-0.15, -0.1) is 0 Å². The first kappa shape index (κ1) is 21.5. The molecule has 1 atom stereocenters. The largest absolute Gasteiger partial charge is 0.508 e. The molecule has 28 heavy (non-hydrogen) atoms. The van der Waals surface area contributed by atoms with Crippen molar-refractivity contribution in [2.75, 3.05) is 7.11 Å². The predicted molar refractivity (Wildman–Crippen MR) is 108 cm³/mol. The van der Waals surface area contributed by atoms with Crippen LogP contribution in [0.2, 0.25) is 0 Å². The predicted octanol–water partition coefficient (Wildman–Crippen LogP) is 4.54. The van der Waals surface area contributed by atoms with Gasteiger partial charge in [-0.05, 0) is 54.2 Å². The summed E-state index contributed by atoms with van der Waals surface area (Å²) in [6, 6.07) is 12.0. The number of ketones is 2. The molecule has 0 aliphatic carbocycles. The van der Waals surface area contributed by atoms with Gasteiger partial charge in [0.05, 0.1) is 13.5 Å². The zero-order chi connectivity index (χ0) is 20.5. The molecule has 0 saturated heterocycles. The Morgan fingerprint density at radius 3 is 2.54 bits per heavy atom. The van der Waals surface area contributed by atoms with Crippen LogP contribution >= 0.6 is 0 Å². The highest BCUT2D eigenvalue weighted by Gasteiger charge is 2.18. The van der Waals surface area contributed by atoms with Crippen molar-refractivity contribution >= 4 is 11.6 Å². The summed E-state index contributed by atoms with van der Waals surface area (Å²) in [5, 5.41) is 19.3. The number of benzene rings is 2. The lowest BCUT2D eigenvalue weighted by Crippen LogP contribution is -2.12. The molecule has 150 valence electrons. The van der Waals surface area contributed by atoms with E-state index in [4.69, 9.17) is 4.74 Å². The van der Waals surface area contributed by atoms with E-state index in [1.54, 1.807) is 30.3 Å². The first-order valence-corrected chi connectivity index (χ1v) is 9.61. The van der Waals surface area contributed by atoms with Crippen LogP contribution in [0.5, 0.6) is 17.2 Å². The molecule has 2 aromatic rings. The van der Waals surface area contributed by atoms with Crippen LogP contribution in [-0.2, 0) is 16.0 Å². The van der Waals surface area contributed by atoms with E-state index in [1.807, 2.05) is 6.07 Å². The van der Waals surface area contributed by atoms with Crippen LogP contribution in [0.15, 0.2) is 42.5 Å². The summed E-state index contributed by atoms with van der Waals surface area (Å²) in [5.74, 6) is 0.458. The van der Waals surface area contributed by atoms with Crippen molar-refractivity contribution in [1.29, 1.82) is 0 Å². The van der Waals surface area contributed by atoms with Crippen LogP contribution in [-0.4, -0.2) is 28.9 Å². The van der Waals surface area contributed by atoms with E-state index in [0.29, 0.717) is 18.6 Å². The van der Waals surface area contributed by atoms with Crippen LogP contribution in [0.4, 0.5) is 0 Å². The van der Waals surface area contributed by atoms with E-state index in [2.05, 4.69) is 6.92 Å². The molecule has 0 amide bonds. The highest BCUT2D eigenvalue weighted by atomic mass is 16.5. The Balaban J connectivity index is 1.89. The van der Waals surface area contributed by atoms with E-state index in [1.165, 1.54) is 13.2 Å². The lowest BCUT2D eigenvalue weighted by atomic mass is 9.88. The van der Waals surface area contributed by atoms with Crippen LogP contribution in [0, 0.1) is 0 Å². The molecule has 0 aromatic heterocycles. The Labute approximate surface area is 166 Å². The number of phenols is 2. The first-order valence-electron chi connectivity index (χ1n) is 9.61. The van der Waals surface area contributed by atoms with Crippen LogP contribution < -0.4 is 4.74 Å². The van der Waals surface area contributed by atoms with Gasteiger partial charge in [-0.2, -0.15) is 0 Å². The lowest BCUT2D eigenvalue weighted by molar-refractivity contribution is -0.127. The molecule has 0 spiro atoms. The maximum atomic E-state index is 12.4. The third kappa shape index (κ3) is 6.41. The van der Waals surface area contributed by atoms with Crippen molar-refractivity contribution in [3.8, 4) is 17.2 Å². The van der Waals surface area contributed by atoms with Crippen molar-refractivity contribution < 1.29 is 24.5 Å². The minimum absolute atomic E-state index is 0.0127. The molecule has 0 radical (unpaired) electrons. The molecule has 0 bridgehead atoms. The maximum Gasteiger partial charge on any atom is 0.160 e. The van der Waals surface area contributed by atoms with Gasteiger partial charge in [0.25, 0.3) is 0 Å². The summed E-state index contributed by atoms with van der Waals surface area (Å²) in [4.78, 5) is 24.7. The van der Waals surface area contributed by atoms with Gasteiger partial charge in [0, 0.05) is 12.8 Å². The van der Waals surface area contributed by atoms with E-state index in [-0.39, 0.29) is 41.8 Å². The zero-order valence-electron chi connectivity index (χ0n) is 16.5. The molecule has 0 fully saturated rings. The van der Waals surface area contributed by atoms with Gasteiger partial charge in [-0.1, -0.05) is 31.5 Å². The minimum atomic E-state index is -0.0943. The quantitative estimate of drug-likeness (QED) is 0.556. The fourth-order valence-electron chi connectivity index (χ4n) is 3.33. The van der Waals surface area contributed by atoms with Gasteiger partial charge in [-0.3, -0.25) is 9.59 Å². The number of phenolic OH excluding ortho intramolecular Hbond substituents is 2. The molecule has 5 heteroatoms. The number of hydrogen-bond acceptors (Lipinski definition) is 5. The SMILES string of the molecule is CCC[C@H](CC(=O)CC(=O)CCc1ccc(O)c(OC)c1)c1cccc(O)c1. The molecule has 2 rings (SSSR count). The molecular weight excluding hydrogens is 356 g/mol. The summed E-state index contributed by atoms with van der Waals surface area (Å²) in [6.07, 6.45) is 2.74. The summed E-state index contributed by atoms with van der Waals surface area (Å²) >= 11 is 0. The average molecular weight is 384 g/mol. The lowest BCUT2D eigenvalue weighted by Gasteiger charge is -2.16. The summed E-state index contributed by atoms with van der Waals surface area (Å²) in [7, 11) is 1.47. The summed E-state index contributed by atoms with van der Waals surface area (Å²) in [6.45, 7) is 2.05. The number of carbonyl (C=O) groups is 2. The van der Waals surface area contributed by atoms with Gasteiger partial charge in [0.15, 0.2) is 11.5 Å². The van der Waals surface area contributed by atoms with Crippen molar-refractivity contribution in [2.24, 2.45) is 0 Å². The second-order valence-corrected chi connectivity index (χ2v) is 7.05. The zero-order valence-corrected chi connectivity index (χ0v) is 16.5. The number of aryl methyl sites for hydroxylation is 1. The molecule has 0 aliphatic rings. The highest BCUT2D eigenvalue weighted by molar-refractivity contribution is 5.99. The maximum absolute atomic E-state index is 12.4. The van der Waals surface area contributed by atoms with Crippen LogP contribution in [0.1, 0.15) is 56.1 Å². The fraction of sp³-hybridized carbons (Fsp3) is 0.391. The molecule has 0 aliphatic heterocycles. The molecule has 2 N–H and O–H groups in total. The van der Waals surface area contributed by atoms with Gasteiger partial charge < -0.3 is 14.9 Å². The third-order valence-electron chi connectivity index (χ3n) is 4.78. The van der Waals surface area contributed by atoms with E-state index >= 15 is 0 Å². The van der Waals surface area contributed by atoms with Gasteiger partial charge >= 0.3 is 0 Å². The Bertz CT molecular complexity index is 812. The number of carbonyl (C=O) groups excluding carboxylic acids is 2. The third-order valence-corrected chi connectivity index (χ3v) is 4.78. The van der Waals surface area contributed by atoms with Crippen molar-refractivity contribution in [3.63, 3.8) is 0 Å². The number of Topliss-reactive ketones (excluding diaryl/α,β-unsaturated/α-hetero) is 2. The Morgan fingerprint density at radius 2 is 1.86 bits per heavy atom. The van der Waals surface area contributed by atoms with Gasteiger partial charge in [0.1, 0.15) is 17.3 Å². The number of ether oxygens (including phenoxy) is 1. The number of rotatable bonds is 11. The van der Waals surface area contributed by atoms with Crippen molar-refractivity contribution in [2.45, 2.75) is 51.4 Å². The summed E-state index contributed by atoms with van der Waals surface area (Å²) in [5.41, 5.74) is 1.80. The second-order valence-electron chi connectivity index (χ2n) is 7.05. The highest BCUT2D eigenvalue weighted by Crippen LogP contribution is 2.29. The Kier molecular flexibility index (Phi) is 8.05. The monoisotopic (exact) mass is 384 g/mol.